The van der Waals surface area contributed by atoms with Crippen LogP contribution in [0.2, 0.25) is 0 Å². The first kappa shape index (κ1) is 17.2. The summed E-state index contributed by atoms with van der Waals surface area (Å²) in [6.45, 7) is 0.637. The Kier molecular flexibility index (Phi) is 4.58. The van der Waals surface area contributed by atoms with Gasteiger partial charge >= 0.3 is 0 Å². The molecule has 0 aliphatic carbocycles. The summed E-state index contributed by atoms with van der Waals surface area (Å²) in [4.78, 5) is 31.6. The number of nitrogens with one attached hydrogen (secondary N) is 1. The zero-order chi connectivity index (χ0) is 18.8. The van der Waals surface area contributed by atoms with Gasteiger partial charge in [0.1, 0.15) is 5.82 Å². The maximum atomic E-state index is 13.4. The van der Waals surface area contributed by atoms with Gasteiger partial charge in [-0.25, -0.2) is 4.39 Å². The molecule has 1 unspecified atom stereocenters. The quantitative estimate of drug-likeness (QED) is 0.903. The predicted molar refractivity (Wildman–Crippen MR) is 99.1 cm³/mol. The molecule has 27 heavy (non-hydrogen) atoms. The van der Waals surface area contributed by atoms with Crippen LogP contribution < -0.4 is 10.2 Å². The minimum absolute atomic E-state index is 0.0468. The third-order valence-electron chi connectivity index (χ3n) is 4.65. The molecule has 1 fully saturated rings. The summed E-state index contributed by atoms with van der Waals surface area (Å²) in [7, 11) is 0. The normalized spacial score (nSPS) is 19.0. The molecule has 2 aromatic carbocycles. The van der Waals surface area contributed by atoms with E-state index in [1.165, 1.54) is 12.1 Å². The second-order valence-corrected chi connectivity index (χ2v) is 6.50. The highest BCUT2D eigenvalue weighted by molar-refractivity contribution is 6.07. The van der Waals surface area contributed by atoms with E-state index in [0.717, 1.165) is 6.42 Å². The Morgan fingerprint density at radius 2 is 2.07 bits per heavy atom. The fourth-order valence-electron chi connectivity index (χ4n) is 3.29. The molecule has 2 aliphatic rings. The van der Waals surface area contributed by atoms with Gasteiger partial charge in [0.15, 0.2) is 0 Å². The number of amides is 2. The van der Waals surface area contributed by atoms with Crippen LogP contribution >= 0.6 is 0 Å². The highest BCUT2D eigenvalue weighted by Gasteiger charge is 2.30. The molecule has 1 N–H and O–H groups in total. The van der Waals surface area contributed by atoms with E-state index in [9.17, 15) is 14.0 Å². The Morgan fingerprint density at radius 1 is 1.22 bits per heavy atom. The third kappa shape index (κ3) is 3.53. The second-order valence-electron chi connectivity index (χ2n) is 6.50. The van der Waals surface area contributed by atoms with E-state index in [1.807, 2.05) is 12.1 Å². The molecular formula is C20H18FN3O3. The number of hydrogen-bond acceptors (Lipinski definition) is 4. The lowest BCUT2D eigenvalue weighted by Gasteiger charge is -2.20. The lowest BCUT2D eigenvalue weighted by molar-refractivity contribution is -0.125. The number of rotatable bonds is 4. The largest absolute Gasteiger partial charge is 0.382 e. The van der Waals surface area contributed by atoms with Crippen LogP contribution in [0.3, 0.4) is 0 Å². The first-order chi connectivity index (χ1) is 13.1. The van der Waals surface area contributed by atoms with Crippen molar-refractivity contribution >= 4 is 28.9 Å². The molecule has 0 aromatic heterocycles. The van der Waals surface area contributed by atoms with Crippen molar-refractivity contribution in [1.29, 1.82) is 0 Å². The molecule has 4 rings (SSSR count). The molecule has 1 saturated heterocycles. The van der Waals surface area contributed by atoms with Crippen molar-refractivity contribution in [3.05, 3.63) is 59.9 Å². The summed E-state index contributed by atoms with van der Waals surface area (Å²) < 4.78 is 13.4. The average molecular weight is 367 g/mol. The van der Waals surface area contributed by atoms with Crippen LogP contribution in [-0.2, 0) is 14.4 Å². The summed E-state index contributed by atoms with van der Waals surface area (Å²) in [5.74, 6) is -0.679. The number of hydrogen-bond donors (Lipinski definition) is 1. The van der Waals surface area contributed by atoms with Gasteiger partial charge in [-0.2, -0.15) is 0 Å². The molecule has 0 bridgehead atoms. The molecule has 2 aromatic rings. The first-order valence-corrected chi connectivity index (χ1v) is 8.81. The van der Waals surface area contributed by atoms with Crippen molar-refractivity contribution in [1.82, 2.24) is 0 Å². The summed E-state index contributed by atoms with van der Waals surface area (Å²) in [6, 6.07) is 13.2. The molecule has 7 heteroatoms. The maximum absolute atomic E-state index is 13.4. The van der Waals surface area contributed by atoms with Crippen LogP contribution in [0.5, 0.6) is 0 Å². The van der Waals surface area contributed by atoms with Crippen LogP contribution in [0.1, 0.15) is 24.8 Å². The number of benzene rings is 2. The van der Waals surface area contributed by atoms with Gasteiger partial charge in [-0.1, -0.05) is 29.4 Å². The van der Waals surface area contributed by atoms with Gasteiger partial charge in [0, 0.05) is 24.9 Å². The highest BCUT2D eigenvalue weighted by Crippen LogP contribution is 2.30. The van der Waals surface area contributed by atoms with Crippen LogP contribution in [0, 0.1) is 5.82 Å². The van der Waals surface area contributed by atoms with Gasteiger partial charge in [-0.15, -0.1) is 0 Å². The smallest absolute Gasteiger partial charge is 0.268 e. The molecule has 0 saturated carbocycles. The summed E-state index contributed by atoms with van der Waals surface area (Å²) in [6.07, 6.45) is 0.766. The Balaban J connectivity index is 1.46. The van der Waals surface area contributed by atoms with E-state index in [2.05, 4.69) is 10.5 Å². The van der Waals surface area contributed by atoms with Crippen molar-refractivity contribution in [3.8, 4) is 0 Å². The van der Waals surface area contributed by atoms with E-state index in [4.69, 9.17) is 4.84 Å². The van der Waals surface area contributed by atoms with E-state index in [-0.39, 0.29) is 24.1 Å². The summed E-state index contributed by atoms with van der Waals surface area (Å²) >= 11 is 0. The molecule has 0 spiro atoms. The number of nitrogens with zero attached hydrogens (tertiary/aromatic N) is 2. The molecule has 2 amide bonds. The van der Waals surface area contributed by atoms with Crippen LogP contribution in [0.15, 0.2) is 53.7 Å². The summed E-state index contributed by atoms with van der Waals surface area (Å²) in [5.41, 5.74) is 2.35. The summed E-state index contributed by atoms with van der Waals surface area (Å²) in [5, 5.41) is 6.76. The standard InChI is InChI=1S/C20H18FN3O3/c21-14-6-3-5-13(11-14)16-12-18(27-23-16)20(26)22-15-7-1-2-8-17(15)24-10-4-9-19(24)25/h1-3,5-8,11,18H,4,9-10,12H2,(H,22,26). The molecular weight excluding hydrogens is 349 g/mol. The van der Waals surface area contributed by atoms with Crippen LogP contribution in [-0.4, -0.2) is 30.2 Å². The lowest BCUT2D eigenvalue weighted by atomic mass is 10.0. The van der Waals surface area contributed by atoms with Gasteiger partial charge < -0.3 is 15.1 Å². The fraction of sp³-hybridized carbons (Fsp3) is 0.250. The Labute approximate surface area is 155 Å². The molecule has 0 radical (unpaired) electrons. The first-order valence-electron chi connectivity index (χ1n) is 8.81. The van der Waals surface area contributed by atoms with Gasteiger partial charge in [0.05, 0.1) is 17.1 Å². The zero-order valence-corrected chi connectivity index (χ0v) is 14.5. The minimum Gasteiger partial charge on any atom is -0.382 e. The van der Waals surface area contributed by atoms with E-state index >= 15 is 0 Å². The van der Waals surface area contributed by atoms with E-state index in [1.54, 1.807) is 29.2 Å². The number of anilines is 2. The highest BCUT2D eigenvalue weighted by atomic mass is 19.1. The van der Waals surface area contributed by atoms with Crippen LogP contribution in [0.4, 0.5) is 15.8 Å². The second kappa shape index (κ2) is 7.19. The monoisotopic (exact) mass is 367 g/mol. The maximum Gasteiger partial charge on any atom is 0.268 e. The zero-order valence-electron chi connectivity index (χ0n) is 14.5. The number of carbonyl (C=O) groups excluding carboxylic acids is 2. The van der Waals surface area contributed by atoms with Crippen LogP contribution in [0.25, 0.3) is 0 Å². The molecule has 138 valence electrons. The SMILES string of the molecule is O=C(Nc1ccccc1N1CCCC1=O)C1CC(c2cccc(F)c2)=NO1. The Hall–Kier alpha value is -3.22. The number of halogens is 1. The fourth-order valence-corrected chi connectivity index (χ4v) is 3.29. The van der Waals surface area contributed by atoms with Gasteiger partial charge in [0.2, 0.25) is 12.0 Å². The van der Waals surface area contributed by atoms with Crippen molar-refractivity contribution in [2.75, 3.05) is 16.8 Å². The number of oxime groups is 1. The Bertz CT molecular complexity index is 928. The van der Waals surface area contributed by atoms with Crippen molar-refractivity contribution in [2.24, 2.45) is 5.16 Å². The Morgan fingerprint density at radius 3 is 2.85 bits per heavy atom. The lowest BCUT2D eigenvalue weighted by Crippen LogP contribution is -2.30. The third-order valence-corrected chi connectivity index (χ3v) is 4.65. The topological polar surface area (TPSA) is 71.0 Å². The molecule has 2 heterocycles. The minimum atomic E-state index is -0.800. The predicted octanol–water partition coefficient (Wildman–Crippen LogP) is 3.08. The molecule has 2 aliphatic heterocycles. The van der Waals surface area contributed by atoms with Crippen molar-refractivity contribution < 1.29 is 18.8 Å². The van der Waals surface area contributed by atoms with Gasteiger partial charge in [-0.3, -0.25) is 9.59 Å². The van der Waals surface area contributed by atoms with Gasteiger partial charge in [0.25, 0.3) is 5.91 Å². The van der Waals surface area contributed by atoms with Crippen molar-refractivity contribution in [3.63, 3.8) is 0 Å². The van der Waals surface area contributed by atoms with E-state index < -0.39 is 6.10 Å². The van der Waals surface area contributed by atoms with Crippen molar-refractivity contribution in [2.45, 2.75) is 25.4 Å². The number of para-hydroxylation sites is 2. The van der Waals surface area contributed by atoms with E-state index in [0.29, 0.717) is 35.6 Å². The van der Waals surface area contributed by atoms with Gasteiger partial charge in [-0.05, 0) is 30.7 Å². The molecule has 1 atom stereocenters. The number of carbonyl (C=O) groups is 2. The molecule has 6 nitrogen and oxygen atoms in total. The average Bonchev–Trinajstić information content (AvgIpc) is 3.31.